The van der Waals surface area contributed by atoms with Gasteiger partial charge in [0.15, 0.2) is 0 Å². The molecule has 0 amide bonds. The fourth-order valence-electron chi connectivity index (χ4n) is 4.93. The number of rotatable bonds is 4. The lowest BCUT2D eigenvalue weighted by atomic mass is 9.65. The van der Waals surface area contributed by atoms with Crippen molar-refractivity contribution in [3.05, 3.63) is 76.9 Å². The minimum absolute atomic E-state index is 0.283. The summed E-state index contributed by atoms with van der Waals surface area (Å²) in [5.41, 5.74) is 6.11. The minimum atomic E-state index is -0.939. The molecule has 0 aromatic heterocycles. The van der Waals surface area contributed by atoms with E-state index in [0.717, 1.165) is 11.1 Å². The van der Waals surface area contributed by atoms with Crippen LogP contribution in [-0.2, 0) is 4.79 Å². The summed E-state index contributed by atoms with van der Waals surface area (Å²) in [5, 5.41) is 18.6. The lowest BCUT2D eigenvalue weighted by Crippen LogP contribution is -2.25. The molecule has 2 N–H and O–H groups in total. The Labute approximate surface area is 166 Å². The molecule has 0 saturated heterocycles. The van der Waals surface area contributed by atoms with Crippen LogP contribution in [0.5, 0.6) is 5.75 Å². The van der Waals surface area contributed by atoms with Gasteiger partial charge in [0.25, 0.3) is 0 Å². The number of carboxylic acids is 1. The number of fused-ring (bicyclic) bond motifs is 2. The molecule has 2 saturated carbocycles. The second kappa shape index (κ2) is 8.05. The van der Waals surface area contributed by atoms with E-state index in [1.165, 1.54) is 55.7 Å². The minimum Gasteiger partial charge on any atom is -0.508 e. The van der Waals surface area contributed by atoms with Gasteiger partial charge in [-0.25, -0.2) is 4.79 Å². The first-order chi connectivity index (χ1) is 13.6. The van der Waals surface area contributed by atoms with E-state index in [-0.39, 0.29) is 5.75 Å². The van der Waals surface area contributed by atoms with Crippen molar-refractivity contribution in [1.29, 1.82) is 0 Å². The molecule has 3 heteroatoms. The number of hydrogen-bond donors (Lipinski definition) is 2. The number of hydrogen-bond acceptors (Lipinski definition) is 2. The maximum atomic E-state index is 10.8. The van der Waals surface area contributed by atoms with Gasteiger partial charge in [-0.15, -0.1) is 0 Å². The first-order valence-electron chi connectivity index (χ1n) is 10.2. The molecule has 2 bridgehead atoms. The molecule has 0 heterocycles. The lowest BCUT2D eigenvalue weighted by Gasteiger charge is -2.39. The topological polar surface area (TPSA) is 57.5 Å². The summed E-state index contributed by atoms with van der Waals surface area (Å²) in [7, 11) is 0. The van der Waals surface area contributed by atoms with Crippen LogP contribution in [0.1, 0.15) is 55.2 Å². The van der Waals surface area contributed by atoms with Crippen LogP contribution in [0.25, 0.3) is 11.6 Å². The number of aromatic hydroxyl groups is 1. The Morgan fingerprint density at radius 1 is 0.821 bits per heavy atom. The van der Waals surface area contributed by atoms with Crippen molar-refractivity contribution >= 4 is 17.6 Å². The van der Waals surface area contributed by atoms with Gasteiger partial charge in [-0.05, 0) is 78.0 Å². The van der Waals surface area contributed by atoms with Crippen LogP contribution in [0.2, 0.25) is 0 Å². The number of carboxylic acid groups (broad SMARTS) is 1. The summed E-state index contributed by atoms with van der Waals surface area (Å²) in [4.78, 5) is 10.8. The molecule has 2 aliphatic rings. The van der Waals surface area contributed by atoms with E-state index in [1.807, 2.05) is 24.3 Å². The fourth-order valence-corrected chi connectivity index (χ4v) is 4.93. The van der Waals surface area contributed by atoms with Gasteiger partial charge < -0.3 is 10.2 Å². The van der Waals surface area contributed by atoms with Crippen LogP contribution in [0, 0.1) is 11.8 Å². The van der Waals surface area contributed by atoms with Crippen molar-refractivity contribution < 1.29 is 15.0 Å². The molecule has 0 atom stereocenters. The van der Waals surface area contributed by atoms with Gasteiger partial charge in [0, 0.05) is 6.08 Å². The van der Waals surface area contributed by atoms with Gasteiger partial charge in [-0.1, -0.05) is 54.8 Å². The van der Waals surface area contributed by atoms with Crippen LogP contribution in [0.15, 0.2) is 60.2 Å². The van der Waals surface area contributed by atoms with Gasteiger partial charge in [0.05, 0.1) is 0 Å². The molecule has 0 spiro atoms. The Bertz CT molecular complexity index is 880. The summed E-state index contributed by atoms with van der Waals surface area (Å²) in [6.45, 7) is 0. The maximum absolute atomic E-state index is 10.8. The van der Waals surface area contributed by atoms with E-state index >= 15 is 0 Å². The Kier molecular flexibility index (Phi) is 5.34. The third-order valence-corrected chi connectivity index (χ3v) is 6.15. The highest BCUT2D eigenvalue weighted by Crippen LogP contribution is 2.48. The zero-order valence-corrected chi connectivity index (χ0v) is 16.0. The van der Waals surface area contributed by atoms with E-state index in [1.54, 1.807) is 23.8 Å². The molecule has 2 aromatic carbocycles. The molecular formula is C25H26O3. The average Bonchev–Trinajstić information content (AvgIpc) is 2.69. The Balaban J connectivity index is 1.81. The number of phenolic OH excluding ortho intramolecular Hbond substituents is 1. The smallest absolute Gasteiger partial charge is 0.328 e. The van der Waals surface area contributed by atoms with Crippen molar-refractivity contribution in [2.75, 3.05) is 0 Å². The quantitative estimate of drug-likeness (QED) is 0.656. The summed E-state index contributed by atoms with van der Waals surface area (Å²) in [6, 6.07) is 15.7. The average molecular weight is 374 g/mol. The second-order valence-electron chi connectivity index (χ2n) is 7.93. The van der Waals surface area contributed by atoms with E-state index in [4.69, 9.17) is 5.11 Å². The molecule has 2 fully saturated rings. The van der Waals surface area contributed by atoms with Gasteiger partial charge in [-0.3, -0.25) is 0 Å². The van der Waals surface area contributed by atoms with Crippen LogP contribution >= 0.6 is 0 Å². The van der Waals surface area contributed by atoms with Crippen LogP contribution in [0.3, 0.4) is 0 Å². The lowest BCUT2D eigenvalue weighted by molar-refractivity contribution is -0.131. The highest BCUT2D eigenvalue weighted by atomic mass is 16.4. The molecule has 28 heavy (non-hydrogen) atoms. The zero-order chi connectivity index (χ0) is 19.5. The van der Waals surface area contributed by atoms with Crippen LogP contribution < -0.4 is 0 Å². The van der Waals surface area contributed by atoms with Crippen molar-refractivity contribution in [3.63, 3.8) is 0 Å². The fraction of sp³-hybridized carbons (Fsp3) is 0.320. The Hall–Kier alpha value is -2.81. The first-order valence-corrected chi connectivity index (χ1v) is 10.2. The third kappa shape index (κ3) is 3.89. The number of allylic oxidation sites excluding steroid dienone is 1. The molecule has 3 nitrogen and oxygen atoms in total. The molecule has 144 valence electrons. The standard InChI is InChI=1S/C25H26O3/c26-22-14-12-21(13-15-22)25(24-18-3-1-4-19(24)6-2-5-18)20-10-7-17(8-11-20)9-16-23(27)28/h7-16,18-19,26H,1-6H2,(H,27,28). The van der Waals surface area contributed by atoms with E-state index in [2.05, 4.69) is 12.1 Å². The molecule has 0 unspecified atom stereocenters. The third-order valence-electron chi connectivity index (χ3n) is 6.15. The predicted octanol–water partition coefficient (Wildman–Crippen LogP) is 5.89. The van der Waals surface area contributed by atoms with E-state index in [0.29, 0.717) is 11.8 Å². The predicted molar refractivity (Wildman–Crippen MR) is 112 cm³/mol. The molecular weight excluding hydrogens is 348 g/mol. The number of carbonyl (C=O) groups is 1. The maximum Gasteiger partial charge on any atom is 0.328 e. The van der Waals surface area contributed by atoms with Gasteiger partial charge >= 0.3 is 5.97 Å². The van der Waals surface area contributed by atoms with E-state index < -0.39 is 5.97 Å². The summed E-state index contributed by atoms with van der Waals surface area (Å²) in [5.74, 6) is 0.655. The van der Waals surface area contributed by atoms with Crippen molar-refractivity contribution in [3.8, 4) is 5.75 Å². The second-order valence-corrected chi connectivity index (χ2v) is 7.93. The highest BCUT2D eigenvalue weighted by Gasteiger charge is 2.33. The summed E-state index contributed by atoms with van der Waals surface area (Å²) >= 11 is 0. The van der Waals surface area contributed by atoms with Crippen molar-refractivity contribution in [2.45, 2.75) is 38.5 Å². The first kappa shape index (κ1) is 18.5. The largest absolute Gasteiger partial charge is 0.508 e. The van der Waals surface area contributed by atoms with Crippen LogP contribution in [-0.4, -0.2) is 16.2 Å². The monoisotopic (exact) mass is 374 g/mol. The number of phenols is 1. The summed E-state index contributed by atoms with van der Waals surface area (Å²) < 4.78 is 0. The Morgan fingerprint density at radius 2 is 1.32 bits per heavy atom. The highest BCUT2D eigenvalue weighted by molar-refractivity contribution is 5.86. The molecule has 0 aliphatic heterocycles. The Morgan fingerprint density at radius 3 is 1.82 bits per heavy atom. The van der Waals surface area contributed by atoms with Gasteiger partial charge in [0.1, 0.15) is 5.75 Å². The molecule has 0 radical (unpaired) electrons. The normalized spacial score (nSPS) is 21.6. The van der Waals surface area contributed by atoms with Crippen molar-refractivity contribution in [2.24, 2.45) is 11.8 Å². The van der Waals surface area contributed by atoms with Crippen molar-refractivity contribution in [1.82, 2.24) is 0 Å². The molecule has 2 aromatic rings. The molecule has 4 rings (SSSR count). The van der Waals surface area contributed by atoms with E-state index in [9.17, 15) is 9.90 Å². The summed E-state index contributed by atoms with van der Waals surface area (Å²) in [6.07, 6.45) is 10.5. The number of aliphatic carboxylic acids is 1. The number of benzene rings is 2. The van der Waals surface area contributed by atoms with Gasteiger partial charge in [-0.2, -0.15) is 0 Å². The zero-order valence-electron chi connectivity index (χ0n) is 16.0. The van der Waals surface area contributed by atoms with Crippen LogP contribution in [0.4, 0.5) is 0 Å². The molecule has 2 aliphatic carbocycles. The SMILES string of the molecule is O=C(O)C=Cc1ccc(C(=C2C3CCCC2CCC3)c2ccc(O)cc2)cc1. The van der Waals surface area contributed by atoms with Gasteiger partial charge in [0.2, 0.25) is 0 Å².